The molecule has 4 N–H and O–H groups in total. The molecule has 0 bridgehead atoms. The van der Waals surface area contributed by atoms with Crippen LogP contribution in [0.3, 0.4) is 0 Å². The Morgan fingerprint density at radius 2 is 2.09 bits per heavy atom. The summed E-state index contributed by atoms with van der Waals surface area (Å²) in [6.07, 6.45) is -4.05. The smallest absolute Gasteiger partial charge is 0.114 e. The summed E-state index contributed by atoms with van der Waals surface area (Å²) in [7, 11) is 0. The summed E-state index contributed by atoms with van der Waals surface area (Å²) in [6.45, 7) is -0.475. The van der Waals surface area contributed by atoms with Gasteiger partial charge >= 0.3 is 0 Å². The Bertz CT molecular complexity index is 128. The predicted molar refractivity (Wildman–Crippen MR) is 34.8 cm³/mol. The van der Waals surface area contributed by atoms with Crippen molar-refractivity contribution in [2.75, 3.05) is 13.2 Å². The monoisotopic (exact) mass is 164 g/mol. The molecule has 0 saturated carbocycles. The zero-order valence-corrected chi connectivity index (χ0v) is 5.92. The minimum atomic E-state index is -1.12. The van der Waals surface area contributed by atoms with Gasteiger partial charge in [0.25, 0.3) is 0 Å². The van der Waals surface area contributed by atoms with Gasteiger partial charge in [0.05, 0.1) is 13.2 Å². The Balaban J connectivity index is 2.47. The van der Waals surface area contributed by atoms with Crippen LogP contribution in [0, 0.1) is 0 Å². The topological polar surface area (TPSA) is 90.2 Å². The van der Waals surface area contributed by atoms with E-state index in [1.165, 1.54) is 0 Å². The molecule has 1 aliphatic rings. The molecule has 0 aromatic rings. The van der Waals surface area contributed by atoms with Gasteiger partial charge in [-0.3, -0.25) is 0 Å². The molecule has 1 aliphatic heterocycles. The van der Waals surface area contributed by atoms with Gasteiger partial charge in [0, 0.05) is 0 Å². The second-order valence-electron chi connectivity index (χ2n) is 2.61. The second-order valence-corrected chi connectivity index (χ2v) is 2.61. The average Bonchev–Trinajstić information content (AvgIpc) is 2.32. The van der Waals surface area contributed by atoms with E-state index in [1.807, 2.05) is 0 Å². The lowest BCUT2D eigenvalue weighted by molar-refractivity contribution is -0.0684. The lowest BCUT2D eigenvalue weighted by Crippen LogP contribution is -2.40. The van der Waals surface area contributed by atoms with Gasteiger partial charge in [0.1, 0.15) is 24.4 Å². The van der Waals surface area contributed by atoms with Crippen molar-refractivity contribution in [2.24, 2.45) is 0 Å². The molecule has 0 aliphatic carbocycles. The number of aliphatic hydroxyl groups excluding tert-OH is 4. The van der Waals surface area contributed by atoms with Gasteiger partial charge in [-0.15, -0.1) is 0 Å². The van der Waals surface area contributed by atoms with E-state index < -0.39 is 31.0 Å². The van der Waals surface area contributed by atoms with Crippen LogP contribution in [0.5, 0.6) is 0 Å². The summed E-state index contributed by atoms with van der Waals surface area (Å²) in [5.41, 5.74) is 0. The van der Waals surface area contributed by atoms with Crippen LogP contribution >= 0.6 is 0 Å². The Morgan fingerprint density at radius 1 is 1.45 bits per heavy atom. The van der Waals surface area contributed by atoms with Crippen molar-refractivity contribution in [3.63, 3.8) is 0 Å². The van der Waals surface area contributed by atoms with Gasteiger partial charge in [-0.25, -0.2) is 0 Å². The van der Waals surface area contributed by atoms with Crippen LogP contribution < -0.4 is 0 Å². The molecule has 5 heteroatoms. The highest BCUT2D eigenvalue weighted by atomic mass is 16.5. The van der Waals surface area contributed by atoms with Gasteiger partial charge in [-0.2, -0.15) is 0 Å². The molecule has 0 aromatic heterocycles. The maximum Gasteiger partial charge on any atom is 0.114 e. The summed E-state index contributed by atoms with van der Waals surface area (Å²) in [5, 5.41) is 35.5. The van der Waals surface area contributed by atoms with Crippen LogP contribution in [-0.4, -0.2) is 58.1 Å². The van der Waals surface area contributed by atoms with Gasteiger partial charge in [0.2, 0.25) is 0 Å². The third-order valence-corrected chi connectivity index (χ3v) is 1.76. The molecule has 0 spiro atoms. The van der Waals surface area contributed by atoms with Crippen LogP contribution in [-0.2, 0) is 4.74 Å². The number of ether oxygens (including phenoxy) is 1. The molecule has 4 atom stereocenters. The van der Waals surface area contributed by atoms with Gasteiger partial charge in [0.15, 0.2) is 0 Å². The minimum Gasteiger partial charge on any atom is -0.394 e. The molecule has 1 saturated heterocycles. The standard InChI is InChI=1S/C6H12O5/c7-1-3(8)6-5(10)4(9)2-11-6/h3-10H,1-2H2/t3?,4-,5?,6-/m1/s1. The van der Waals surface area contributed by atoms with E-state index in [-0.39, 0.29) is 6.61 Å². The molecule has 0 amide bonds. The van der Waals surface area contributed by atoms with E-state index in [0.717, 1.165) is 0 Å². The summed E-state index contributed by atoms with van der Waals surface area (Å²) in [6, 6.07) is 0. The molecule has 1 heterocycles. The van der Waals surface area contributed by atoms with Crippen LogP contribution in [0.25, 0.3) is 0 Å². The first kappa shape index (κ1) is 8.89. The number of hydrogen-bond acceptors (Lipinski definition) is 5. The highest BCUT2D eigenvalue weighted by Crippen LogP contribution is 2.16. The molecule has 0 aromatic carbocycles. The zero-order chi connectivity index (χ0) is 8.43. The van der Waals surface area contributed by atoms with E-state index >= 15 is 0 Å². The normalized spacial score (nSPS) is 40.9. The minimum absolute atomic E-state index is 0.00287. The van der Waals surface area contributed by atoms with Crippen molar-refractivity contribution in [3.8, 4) is 0 Å². The number of rotatable bonds is 2. The molecule has 1 fully saturated rings. The maximum absolute atomic E-state index is 9.11. The van der Waals surface area contributed by atoms with Crippen molar-refractivity contribution in [3.05, 3.63) is 0 Å². The average molecular weight is 164 g/mol. The molecule has 5 nitrogen and oxygen atoms in total. The number of hydrogen-bond donors (Lipinski definition) is 4. The molecule has 11 heavy (non-hydrogen) atoms. The Kier molecular flexibility index (Phi) is 2.80. The lowest BCUT2D eigenvalue weighted by Gasteiger charge is -2.18. The van der Waals surface area contributed by atoms with Gasteiger partial charge in [-0.1, -0.05) is 0 Å². The highest BCUT2D eigenvalue weighted by Gasteiger charge is 2.38. The van der Waals surface area contributed by atoms with Crippen LogP contribution in [0.1, 0.15) is 0 Å². The van der Waals surface area contributed by atoms with Crippen molar-refractivity contribution >= 4 is 0 Å². The fraction of sp³-hybridized carbons (Fsp3) is 1.00. The van der Waals surface area contributed by atoms with E-state index in [2.05, 4.69) is 0 Å². The van der Waals surface area contributed by atoms with Crippen LogP contribution in [0.15, 0.2) is 0 Å². The fourth-order valence-electron chi connectivity index (χ4n) is 1.07. The van der Waals surface area contributed by atoms with E-state index in [9.17, 15) is 0 Å². The largest absolute Gasteiger partial charge is 0.394 e. The number of aliphatic hydroxyl groups is 4. The van der Waals surface area contributed by atoms with Crippen molar-refractivity contribution < 1.29 is 25.2 Å². The fourth-order valence-corrected chi connectivity index (χ4v) is 1.07. The zero-order valence-electron chi connectivity index (χ0n) is 5.92. The lowest BCUT2D eigenvalue weighted by atomic mass is 10.1. The summed E-state index contributed by atoms with van der Waals surface area (Å²) < 4.78 is 4.82. The van der Waals surface area contributed by atoms with E-state index in [0.29, 0.717) is 0 Å². The third-order valence-electron chi connectivity index (χ3n) is 1.76. The summed E-state index contributed by atoms with van der Waals surface area (Å²) in [4.78, 5) is 0. The van der Waals surface area contributed by atoms with Gasteiger partial charge in [-0.05, 0) is 0 Å². The molecule has 0 radical (unpaired) electrons. The first-order valence-electron chi connectivity index (χ1n) is 3.43. The molecule has 2 unspecified atom stereocenters. The molecular weight excluding hydrogens is 152 g/mol. The second kappa shape index (κ2) is 3.46. The quantitative estimate of drug-likeness (QED) is 0.361. The van der Waals surface area contributed by atoms with Crippen molar-refractivity contribution in [1.82, 2.24) is 0 Å². The van der Waals surface area contributed by atoms with Gasteiger partial charge < -0.3 is 25.2 Å². The predicted octanol–water partition coefficient (Wildman–Crippen LogP) is -2.54. The first-order chi connectivity index (χ1) is 5.16. The molecule has 1 rings (SSSR count). The van der Waals surface area contributed by atoms with Crippen LogP contribution in [0.2, 0.25) is 0 Å². The SMILES string of the molecule is OCC(O)[C@H]1OC[C@@H](O)C1O. The maximum atomic E-state index is 9.11. The molecule has 66 valence electrons. The summed E-state index contributed by atoms with van der Waals surface area (Å²) in [5.74, 6) is 0. The van der Waals surface area contributed by atoms with Crippen LogP contribution in [0.4, 0.5) is 0 Å². The Morgan fingerprint density at radius 3 is 2.45 bits per heavy atom. The van der Waals surface area contributed by atoms with Crippen molar-refractivity contribution in [1.29, 1.82) is 0 Å². The molecular formula is C6H12O5. The Labute approximate surface area is 63.8 Å². The highest BCUT2D eigenvalue weighted by molar-refractivity contribution is 4.87. The first-order valence-corrected chi connectivity index (χ1v) is 3.43. The van der Waals surface area contributed by atoms with E-state index in [1.54, 1.807) is 0 Å². The third kappa shape index (κ3) is 1.69. The Hall–Kier alpha value is -0.200. The van der Waals surface area contributed by atoms with Crippen molar-refractivity contribution in [2.45, 2.75) is 24.4 Å². The van der Waals surface area contributed by atoms with E-state index in [4.69, 9.17) is 25.2 Å². The summed E-state index contributed by atoms with van der Waals surface area (Å²) >= 11 is 0.